The van der Waals surface area contributed by atoms with Crippen molar-refractivity contribution in [1.82, 2.24) is 9.78 Å². The number of hydrogen-bond donors (Lipinski definition) is 0. The molecule has 0 aliphatic heterocycles. The number of nitrogens with zero attached hydrogens (tertiary/aromatic N) is 2. The highest BCUT2D eigenvalue weighted by atomic mass is 32.2. The monoisotopic (exact) mass is 480 g/mol. The Kier molecular flexibility index (Phi) is 7.00. The van der Waals surface area contributed by atoms with Gasteiger partial charge in [-0.2, -0.15) is 5.10 Å². The standard InChI is InChI=1S/C26H19F3N2O2S/c1-34(33)22-12-7-19(8-13-22)26-23(17-4-9-20(27)10-5-17)16-25(32)31(30-26)14-2-3-18-6-11-21(28)15-24(18)29/h2-13,15-16H,14H2,1H3. The molecule has 3 aromatic carbocycles. The lowest BCUT2D eigenvalue weighted by atomic mass is 10.00. The molecule has 4 nitrogen and oxygen atoms in total. The molecule has 0 saturated carbocycles. The maximum atomic E-state index is 13.9. The van der Waals surface area contributed by atoms with Crippen molar-refractivity contribution in [3.05, 3.63) is 112 Å². The van der Waals surface area contributed by atoms with Crippen LogP contribution in [-0.4, -0.2) is 20.6 Å². The second-order valence-corrected chi connectivity index (χ2v) is 8.86. The molecule has 1 unspecified atom stereocenters. The molecule has 1 aromatic heterocycles. The van der Waals surface area contributed by atoms with Crippen LogP contribution in [0.1, 0.15) is 5.56 Å². The highest BCUT2D eigenvalue weighted by Gasteiger charge is 2.14. The van der Waals surface area contributed by atoms with Gasteiger partial charge >= 0.3 is 0 Å². The van der Waals surface area contributed by atoms with Gasteiger partial charge in [0.25, 0.3) is 5.56 Å². The number of aromatic nitrogens is 2. The second-order valence-electron chi connectivity index (χ2n) is 7.48. The number of allylic oxidation sites excluding steroid dienone is 1. The second kappa shape index (κ2) is 10.1. The minimum Gasteiger partial charge on any atom is -0.612 e. The van der Waals surface area contributed by atoms with Gasteiger partial charge in [-0.15, -0.1) is 0 Å². The van der Waals surface area contributed by atoms with E-state index in [9.17, 15) is 22.5 Å². The van der Waals surface area contributed by atoms with Gasteiger partial charge in [0.05, 0.1) is 12.2 Å². The van der Waals surface area contributed by atoms with Gasteiger partial charge in [-0.25, -0.2) is 17.9 Å². The van der Waals surface area contributed by atoms with Gasteiger partial charge in [0, 0.05) is 28.8 Å². The van der Waals surface area contributed by atoms with Gasteiger partial charge in [0.1, 0.15) is 23.7 Å². The van der Waals surface area contributed by atoms with Crippen LogP contribution in [0.2, 0.25) is 0 Å². The zero-order valence-electron chi connectivity index (χ0n) is 18.0. The van der Waals surface area contributed by atoms with Crippen LogP contribution in [0.4, 0.5) is 13.2 Å². The summed E-state index contributed by atoms with van der Waals surface area (Å²) in [7, 11) is 0. The third-order valence-electron chi connectivity index (χ3n) is 5.15. The SMILES string of the molecule is C[S+]([O-])c1ccc(-c2nn(CC=Cc3ccc(F)cc3F)c(=O)cc2-c2ccc(F)cc2)cc1. The van der Waals surface area contributed by atoms with E-state index in [1.54, 1.807) is 48.7 Å². The Morgan fingerprint density at radius 1 is 0.912 bits per heavy atom. The first-order valence-electron chi connectivity index (χ1n) is 10.3. The van der Waals surface area contributed by atoms with Crippen molar-refractivity contribution in [3.63, 3.8) is 0 Å². The van der Waals surface area contributed by atoms with Gasteiger partial charge in [0.2, 0.25) is 0 Å². The fourth-order valence-corrected chi connectivity index (χ4v) is 3.92. The first-order valence-corrected chi connectivity index (χ1v) is 11.8. The lowest BCUT2D eigenvalue weighted by Crippen LogP contribution is -2.22. The molecule has 0 spiro atoms. The quantitative estimate of drug-likeness (QED) is 0.345. The highest BCUT2D eigenvalue weighted by molar-refractivity contribution is 7.90. The largest absolute Gasteiger partial charge is 0.612 e. The fraction of sp³-hybridized carbons (Fsp3) is 0.0769. The first kappa shape index (κ1) is 23.5. The summed E-state index contributed by atoms with van der Waals surface area (Å²) in [5.74, 6) is -1.79. The summed E-state index contributed by atoms with van der Waals surface area (Å²) in [6, 6.07) is 17.3. The molecular weight excluding hydrogens is 461 g/mol. The van der Waals surface area contributed by atoms with E-state index in [2.05, 4.69) is 5.10 Å². The van der Waals surface area contributed by atoms with Crippen LogP contribution in [0.15, 0.2) is 88.6 Å². The Morgan fingerprint density at radius 2 is 1.56 bits per heavy atom. The van der Waals surface area contributed by atoms with Crippen molar-refractivity contribution in [2.24, 2.45) is 0 Å². The van der Waals surface area contributed by atoms with E-state index in [0.29, 0.717) is 27.3 Å². The van der Waals surface area contributed by atoms with Crippen LogP contribution >= 0.6 is 0 Å². The molecule has 0 bridgehead atoms. The van der Waals surface area contributed by atoms with Crippen LogP contribution in [0.25, 0.3) is 28.5 Å². The maximum Gasteiger partial charge on any atom is 0.267 e. The molecule has 4 rings (SSSR count). The van der Waals surface area contributed by atoms with Crippen molar-refractivity contribution >= 4 is 17.3 Å². The van der Waals surface area contributed by atoms with E-state index >= 15 is 0 Å². The molecule has 172 valence electrons. The van der Waals surface area contributed by atoms with Crippen molar-refractivity contribution in [2.75, 3.05) is 6.26 Å². The van der Waals surface area contributed by atoms with Gasteiger partial charge in [-0.3, -0.25) is 4.79 Å². The third kappa shape index (κ3) is 5.30. The predicted molar refractivity (Wildman–Crippen MR) is 127 cm³/mol. The van der Waals surface area contributed by atoms with E-state index in [1.165, 1.54) is 35.0 Å². The highest BCUT2D eigenvalue weighted by Crippen LogP contribution is 2.30. The summed E-state index contributed by atoms with van der Waals surface area (Å²) >= 11 is -1.15. The summed E-state index contributed by atoms with van der Waals surface area (Å²) in [6.45, 7) is 0.0450. The summed E-state index contributed by atoms with van der Waals surface area (Å²) in [5.41, 5.74) is 2.05. The Morgan fingerprint density at radius 3 is 2.21 bits per heavy atom. The minimum absolute atomic E-state index is 0.0450. The lowest BCUT2D eigenvalue weighted by Gasteiger charge is -2.12. The molecule has 4 aromatic rings. The van der Waals surface area contributed by atoms with Crippen LogP contribution in [0.5, 0.6) is 0 Å². The summed E-state index contributed by atoms with van der Waals surface area (Å²) in [5, 5.41) is 4.51. The summed E-state index contributed by atoms with van der Waals surface area (Å²) < 4.78 is 53.4. The van der Waals surface area contributed by atoms with Gasteiger partial charge in [-0.05, 0) is 65.3 Å². The zero-order chi connectivity index (χ0) is 24.2. The minimum atomic E-state index is -1.15. The van der Waals surface area contributed by atoms with Crippen molar-refractivity contribution in [1.29, 1.82) is 0 Å². The molecule has 0 amide bonds. The molecule has 0 aliphatic carbocycles. The van der Waals surface area contributed by atoms with E-state index in [-0.39, 0.29) is 12.1 Å². The van der Waals surface area contributed by atoms with Crippen molar-refractivity contribution in [3.8, 4) is 22.4 Å². The van der Waals surface area contributed by atoms with Crippen LogP contribution in [-0.2, 0) is 17.7 Å². The van der Waals surface area contributed by atoms with E-state index in [0.717, 1.165) is 12.1 Å². The summed E-state index contributed by atoms with van der Waals surface area (Å²) in [6.07, 6.45) is 4.57. The Balaban J connectivity index is 1.75. The van der Waals surface area contributed by atoms with Crippen molar-refractivity contribution < 1.29 is 17.7 Å². The topological polar surface area (TPSA) is 58.0 Å². The van der Waals surface area contributed by atoms with Crippen LogP contribution in [0.3, 0.4) is 0 Å². The molecular formula is C26H19F3N2O2S. The lowest BCUT2D eigenvalue weighted by molar-refractivity contribution is 0.581. The molecule has 0 radical (unpaired) electrons. The molecule has 1 atom stereocenters. The molecule has 8 heteroatoms. The smallest absolute Gasteiger partial charge is 0.267 e. The Hall–Kier alpha value is -3.62. The molecule has 0 N–H and O–H groups in total. The third-order valence-corrected chi connectivity index (χ3v) is 6.09. The molecule has 1 heterocycles. The van der Waals surface area contributed by atoms with Crippen LogP contribution < -0.4 is 5.56 Å². The van der Waals surface area contributed by atoms with Gasteiger partial charge < -0.3 is 4.55 Å². The maximum absolute atomic E-state index is 13.9. The van der Waals surface area contributed by atoms with E-state index in [1.807, 2.05) is 0 Å². The number of benzene rings is 3. The zero-order valence-corrected chi connectivity index (χ0v) is 18.9. The van der Waals surface area contributed by atoms with Gasteiger partial charge in [-0.1, -0.05) is 24.3 Å². The Labute approximate surface area is 197 Å². The Bertz CT molecular complexity index is 1400. The predicted octanol–water partition coefficient (Wildman–Crippen LogP) is 5.45. The number of hydrogen-bond acceptors (Lipinski definition) is 3. The van der Waals surface area contributed by atoms with Crippen LogP contribution in [0, 0.1) is 17.5 Å². The fourth-order valence-electron chi connectivity index (χ4n) is 3.40. The van der Waals surface area contributed by atoms with E-state index < -0.39 is 34.2 Å². The number of halogens is 3. The molecule has 0 saturated heterocycles. The average molecular weight is 481 g/mol. The molecule has 0 aliphatic rings. The average Bonchev–Trinajstić information content (AvgIpc) is 2.82. The normalized spacial score (nSPS) is 12.3. The molecule has 0 fully saturated rings. The first-order chi connectivity index (χ1) is 16.3. The molecule has 34 heavy (non-hydrogen) atoms. The number of rotatable bonds is 6. The van der Waals surface area contributed by atoms with E-state index in [4.69, 9.17) is 0 Å². The summed E-state index contributed by atoms with van der Waals surface area (Å²) in [4.78, 5) is 13.4. The van der Waals surface area contributed by atoms with Crippen molar-refractivity contribution in [2.45, 2.75) is 11.4 Å². The van der Waals surface area contributed by atoms with Gasteiger partial charge in [0.15, 0.2) is 4.90 Å².